The molecule has 174 valence electrons. The number of carbonyl (C=O) groups excluding carboxylic acids is 2. The second kappa shape index (κ2) is 9.95. The van der Waals surface area contributed by atoms with Crippen LogP contribution in [0.1, 0.15) is 40.5 Å². The third-order valence-electron chi connectivity index (χ3n) is 5.13. The van der Waals surface area contributed by atoms with Crippen molar-refractivity contribution in [2.24, 2.45) is 5.92 Å². The number of sulfonamides is 1. The Hall–Kier alpha value is -3.52. The molecule has 0 unspecified atom stereocenters. The Morgan fingerprint density at radius 1 is 1.30 bits per heavy atom. The van der Waals surface area contributed by atoms with Crippen LogP contribution in [0.15, 0.2) is 30.5 Å². The molecule has 0 saturated carbocycles. The van der Waals surface area contributed by atoms with E-state index >= 15 is 0 Å². The lowest BCUT2D eigenvalue weighted by Gasteiger charge is -2.42. The number of rotatable bonds is 8. The molecule has 0 bridgehead atoms. The van der Waals surface area contributed by atoms with Crippen molar-refractivity contribution in [2.75, 3.05) is 24.6 Å². The highest BCUT2D eigenvalue weighted by Gasteiger charge is 2.34. The predicted molar refractivity (Wildman–Crippen MR) is 117 cm³/mol. The molecular formula is C22H23FN4O5S. The number of carbonyl (C=O) groups is 2. The number of nitrogens with one attached hydrogen (secondary N) is 1. The van der Waals surface area contributed by atoms with E-state index in [2.05, 4.69) is 4.98 Å². The van der Waals surface area contributed by atoms with Crippen LogP contribution in [0.4, 0.5) is 10.1 Å². The van der Waals surface area contributed by atoms with E-state index < -0.39 is 33.5 Å². The monoisotopic (exact) mass is 474 g/mol. The van der Waals surface area contributed by atoms with E-state index in [0.717, 1.165) is 12.1 Å². The number of halogens is 1. The van der Waals surface area contributed by atoms with Crippen LogP contribution in [0, 0.1) is 30.0 Å². The van der Waals surface area contributed by atoms with Crippen LogP contribution in [0.25, 0.3) is 0 Å². The van der Waals surface area contributed by atoms with Crippen LogP contribution in [0.3, 0.4) is 0 Å². The number of esters is 1. The minimum absolute atomic E-state index is 0.0418. The minimum Gasteiger partial charge on any atom is -0.462 e. The molecule has 1 aliphatic heterocycles. The van der Waals surface area contributed by atoms with E-state index in [4.69, 9.17) is 4.74 Å². The third-order valence-corrected chi connectivity index (χ3v) is 6.38. The number of aryl methyl sites for hydroxylation is 1. The summed E-state index contributed by atoms with van der Waals surface area (Å²) in [6.07, 6.45) is 1.34. The van der Waals surface area contributed by atoms with Crippen molar-refractivity contribution in [1.82, 2.24) is 9.71 Å². The first-order valence-corrected chi connectivity index (χ1v) is 11.9. The van der Waals surface area contributed by atoms with Gasteiger partial charge < -0.3 is 9.64 Å². The number of aromatic nitrogens is 1. The van der Waals surface area contributed by atoms with Crippen LogP contribution in [-0.4, -0.2) is 45.0 Å². The van der Waals surface area contributed by atoms with Gasteiger partial charge in [0.25, 0.3) is 0 Å². The first-order chi connectivity index (χ1) is 15.6. The third kappa shape index (κ3) is 5.84. The van der Waals surface area contributed by atoms with Crippen molar-refractivity contribution in [2.45, 2.75) is 26.0 Å². The number of nitrogens with zero attached hydrogens (tertiary/aromatic N) is 3. The molecule has 1 amide bonds. The van der Waals surface area contributed by atoms with Gasteiger partial charge in [0, 0.05) is 31.6 Å². The van der Waals surface area contributed by atoms with Gasteiger partial charge in [0.05, 0.1) is 29.3 Å². The summed E-state index contributed by atoms with van der Waals surface area (Å²) in [7, 11) is -3.93. The van der Waals surface area contributed by atoms with E-state index in [1.54, 1.807) is 18.7 Å². The lowest BCUT2D eigenvalue weighted by Crippen LogP contribution is -2.50. The molecule has 1 aliphatic rings. The van der Waals surface area contributed by atoms with Crippen LogP contribution >= 0.6 is 0 Å². The summed E-state index contributed by atoms with van der Waals surface area (Å²) in [5.41, 5.74) is 1.61. The molecule has 1 aromatic carbocycles. The summed E-state index contributed by atoms with van der Waals surface area (Å²) in [5, 5.41) is 9.47. The van der Waals surface area contributed by atoms with E-state index in [1.807, 2.05) is 10.8 Å². The van der Waals surface area contributed by atoms with Crippen LogP contribution < -0.4 is 9.62 Å². The predicted octanol–water partition coefficient (Wildman–Crippen LogP) is 2.05. The fourth-order valence-electron chi connectivity index (χ4n) is 3.65. The van der Waals surface area contributed by atoms with Gasteiger partial charge in [0.2, 0.25) is 15.9 Å². The van der Waals surface area contributed by atoms with Gasteiger partial charge in [-0.05, 0) is 31.5 Å². The number of hydrogen-bond donors (Lipinski definition) is 1. The van der Waals surface area contributed by atoms with Gasteiger partial charge in [-0.25, -0.2) is 17.6 Å². The first kappa shape index (κ1) is 24.1. The highest BCUT2D eigenvalue weighted by molar-refractivity contribution is 7.89. The number of amides is 1. The Morgan fingerprint density at radius 3 is 2.58 bits per heavy atom. The summed E-state index contributed by atoms with van der Waals surface area (Å²) >= 11 is 0. The van der Waals surface area contributed by atoms with Crippen molar-refractivity contribution < 1.29 is 27.1 Å². The van der Waals surface area contributed by atoms with Gasteiger partial charge in [-0.15, -0.1) is 0 Å². The zero-order valence-electron chi connectivity index (χ0n) is 18.2. The standard InChI is InChI=1S/C22H23FN4O5S/c1-3-32-22(29)20-14(2)25-10-17(9-24)21(20)27-11-16(12-27)8-19(28)26-33(30,31)13-15-4-6-18(23)7-5-15/h4-7,10,16H,3,8,11-13H2,1-2H3,(H,26,28). The molecule has 1 aromatic heterocycles. The SMILES string of the molecule is CCOC(=O)c1c(C)ncc(C#N)c1N1CC(CC(=O)NS(=O)(=O)Cc2ccc(F)cc2)C1. The van der Waals surface area contributed by atoms with Gasteiger partial charge in [-0.3, -0.25) is 14.5 Å². The Labute approximate surface area is 191 Å². The maximum Gasteiger partial charge on any atom is 0.342 e. The number of hydrogen-bond acceptors (Lipinski definition) is 8. The Kier molecular flexibility index (Phi) is 7.28. The van der Waals surface area contributed by atoms with Crippen molar-refractivity contribution in [3.63, 3.8) is 0 Å². The highest BCUT2D eigenvalue weighted by Crippen LogP contribution is 2.34. The zero-order valence-corrected chi connectivity index (χ0v) is 19.0. The molecule has 1 saturated heterocycles. The lowest BCUT2D eigenvalue weighted by molar-refractivity contribution is -0.120. The average molecular weight is 475 g/mol. The molecule has 2 aromatic rings. The zero-order chi connectivity index (χ0) is 24.2. The number of benzene rings is 1. The Balaban J connectivity index is 1.63. The summed E-state index contributed by atoms with van der Waals surface area (Å²) in [5.74, 6) is -2.33. The summed E-state index contributed by atoms with van der Waals surface area (Å²) in [6.45, 7) is 4.21. The van der Waals surface area contributed by atoms with Crippen LogP contribution in [0.2, 0.25) is 0 Å². The van der Waals surface area contributed by atoms with Crippen molar-refractivity contribution in [3.05, 3.63) is 58.7 Å². The summed E-state index contributed by atoms with van der Waals surface area (Å²) < 4.78 is 44.6. The van der Waals surface area contributed by atoms with E-state index in [9.17, 15) is 27.7 Å². The molecule has 33 heavy (non-hydrogen) atoms. The largest absolute Gasteiger partial charge is 0.462 e. The normalized spacial score (nSPS) is 13.7. The second-order valence-corrected chi connectivity index (χ2v) is 9.42. The van der Waals surface area contributed by atoms with Gasteiger partial charge in [0.15, 0.2) is 0 Å². The van der Waals surface area contributed by atoms with E-state index in [-0.39, 0.29) is 30.1 Å². The second-order valence-electron chi connectivity index (χ2n) is 7.70. The quantitative estimate of drug-likeness (QED) is 0.576. The van der Waals surface area contributed by atoms with Crippen molar-refractivity contribution in [3.8, 4) is 6.07 Å². The number of nitriles is 1. The molecule has 1 N–H and O–H groups in total. The number of anilines is 1. The molecule has 0 spiro atoms. The molecule has 1 fully saturated rings. The average Bonchev–Trinajstić information content (AvgIpc) is 2.71. The Bertz CT molecular complexity index is 1200. The molecular weight excluding hydrogens is 451 g/mol. The molecule has 11 heteroatoms. The fraction of sp³-hybridized carbons (Fsp3) is 0.364. The smallest absolute Gasteiger partial charge is 0.342 e. The van der Waals surface area contributed by atoms with Gasteiger partial charge in [-0.2, -0.15) is 5.26 Å². The van der Waals surface area contributed by atoms with Crippen molar-refractivity contribution >= 4 is 27.6 Å². The molecule has 0 aliphatic carbocycles. The summed E-state index contributed by atoms with van der Waals surface area (Å²) in [4.78, 5) is 30.6. The molecule has 0 atom stereocenters. The fourth-order valence-corrected chi connectivity index (χ4v) is 4.78. The van der Waals surface area contributed by atoms with Crippen LogP contribution in [-0.2, 0) is 25.3 Å². The maximum absolute atomic E-state index is 13.0. The topological polar surface area (TPSA) is 129 Å². The minimum atomic E-state index is -3.93. The maximum atomic E-state index is 13.0. The summed E-state index contributed by atoms with van der Waals surface area (Å²) in [6, 6.07) is 7.01. The van der Waals surface area contributed by atoms with E-state index in [1.165, 1.54) is 18.3 Å². The van der Waals surface area contributed by atoms with Gasteiger partial charge in [0.1, 0.15) is 17.4 Å². The van der Waals surface area contributed by atoms with E-state index in [0.29, 0.717) is 30.0 Å². The van der Waals surface area contributed by atoms with Gasteiger partial charge in [-0.1, -0.05) is 12.1 Å². The Morgan fingerprint density at radius 2 is 1.97 bits per heavy atom. The van der Waals surface area contributed by atoms with Gasteiger partial charge >= 0.3 is 5.97 Å². The van der Waals surface area contributed by atoms with Crippen molar-refractivity contribution in [1.29, 1.82) is 5.26 Å². The molecule has 0 radical (unpaired) electrons. The number of ether oxygens (including phenoxy) is 1. The molecule has 2 heterocycles. The lowest BCUT2D eigenvalue weighted by atomic mass is 9.93. The molecule has 3 rings (SSSR count). The number of pyridine rings is 1. The van der Waals surface area contributed by atoms with Crippen LogP contribution in [0.5, 0.6) is 0 Å². The highest BCUT2D eigenvalue weighted by atomic mass is 32.2. The first-order valence-electron chi connectivity index (χ1n) is 10.2. The molecule has 9 nitrogen and oxygen atoms in total.